The predicted octanol–water partition coefficient (Wildman–Crippen LogP) is 3.49. The second kappa shape index (κ2) is 8.70. The first-order valence-corrected chi connectivity index (χ1v) is 9.80. The molecule has 1 aromatic carbocycles. The molecule has 1 atom stereocenters. The van der Waals surface area contributed by atoms with E-state index in [1.807, 2.05) is 17.0 Å². The average Bonchev–Trinajstić information content (AvgIpc) is 2.62. The predicted molar refractivity (Wildman–Crippen MR) is 101 cm³/mol. The van der Waals surface area contributed by atoms with Crippen LogP contribution in [0.15, 0.2) is 24.3 Å². The highest BCUT2D eigenvalue weighted by Crippen LogP contribution is 2.23. The lowest BCUT2D eigenvalue weighted by atomic mass is 9.93. The summed E-state index contributed by atoms with van der Waals surface area (Å²) in [6.45, 7) is 6.11. The van der Waals surface area contributed by atoms with Crippen molar-refractivity contribution < 1.29 is 9.53 Å². The molecule has 25 heavy (non-hydrogen) atoms. The summed E-state index contributed by atoms with van der Waals surface area (Å²) < 4.78 is 6.06. The summed E-state index contributed by atoms with van der Waals surface area (Å²) in [4.78, 5) is 16.9. The third kappa shape index (κ3) is 5.46. The molecule has 4 nitrogen and oxygen atoms in total. The van der Waals surface area contributed by atoms with Gasteiger partial charge >= 0.3 is 0 Å². The minimum Gasteiger partial charge on any atom is -0.490 e. The number of nitrogens with zero attached hydrogens (tertiary/aromatic N) is 2. The van der Waals surface area contributed by atoms with Crippen LogP contribution in [0, 0.1) is 12.8 Å². The number of aryl methyl sites for hydroxylation is 1. The highest BCUT2D eigenvalue weighted by atomic mass is 16.5. The maximum atomic E-state index is 12.5. The normalized spacial score (nSPS) is 22.8. The van der Waals surface area contributed by atoms with E-state index in [9.17, 15) is 4.79 Å². The van der Waals surface area contributed by atoms with Gasteiger partial charge < -0.3 is 14.5 Å². The fourth-order valence-corrected chi connectivity index (χ4v) is 4.03. The Labute approximate surface area is 152 Å². The van der Waals surface area contributed by atoms with Crippen LogP contribution in [0.2, 0.25) is 0 Å². The van der Waals surface area contributed by atoms with Crippen molar-refractivity contribution in [2.75, 3.05) is 33.2 Å². The van der Waals surface area contributed by atoms with Crippen LogP contribution < -0.4 is 4.74 Å². The number of piperidine rings is 2. The monoisotopic (exact) mass is 344 g/mol. The molecular formula is C21H32N2O2. The molecule has 0 aliphatic carbocycles. The molecule has 1 aromatic rings. The molecule has 2 fully saturated rings. The number of benzene rings is 1. The molecule has 2 saturated heterocycles. The van der Waals surface area contributed by atoms with Crippen molar-refractivity contribution >= 4 is 5.91 Å². The first-order chi connectivity index (χ1) is 12.1. The Bertz CT molecular complexity index is 550. The van der Waals surface area contributed by atoms with Gasteiger partial charge in [0.05, 0.1) is 0 Å². The summed E-state index contributed by atoms with van der Waals surface area (Å²) in [5.74, 6) is 1.98. The lowest BCUT2D eigenvalue weighted by Gasteiger charge is -2.33. The lowest BCUT2D eigenvalue weighted by Crippen LogP contribution is -2.42. The lowest BCUT2D eigenvalue weighted by molar-refractivity contribution is -0.133. The molecule has 0 radical (unpaired) electrons. The molecule has 0 saturated carbocycles. The Hall–Kier alpha value is -1.55. The van der Waals surface area contributed by atoms with Crippen molar-refractivity contribution in [1.29, 1.82) is 0 Å². The molecule has 1 amide bonds. The number of hydrogen-bond acceptors (Lipinski definition) is 3. The zero-order valence-electron chi connectivity index (χ0n) is 15.7. The number of likely N-dealkylation sites (tertiary alicyclic amines) is 2. The van der Waals surface area contributed by atoms with E-state index in [1.54, 1.807) is 0 Å². The molecule has 138 valence electrons. The van der Waals surface area contributed by atoms with E-state index in [-0.39, 0.29) is 6.10 Å². The summed E-state index contributed by atoms with van der Waals surface area (Å²) in [5.41, 5.74) is 1.25. The van der Waals surface area contributed by atoms with Crippen LogP contribution in [0.5, 0.6) is 5.75 Å². The molecule has 2 aliphatic heterocycles. The summed E-state index contributed by atoms with van der Waals surface area (Å²) in [6, 6.07) is 8.23. The molecule has 4 heteroatoms. The third-order valence-electron chi connectivity index (χ3n) is 5.61. The van der Waals surface area contributed by atoms with Crippen LogP contribution in [0.4, 0.5) is 0 Å². The smallest absolute Gasteiger partial charge is 0.222 e. The Morgan fingerprint density at radius 1 is 1.12 bits per heavy atom. The summed E-state index contributed by atoms with van der Waals surface area (Å²) in [6.07, 6.45) is 6.42. The maximum Gasteiger partial charge on any atom is 0.222 e. The van der Waals surface area contributed by atoms with Gasteiger partial charge in [0, 0.05) is 38.9 Å². The van der Waals surface area contributed by atoms with Crippen LogP contribution in [-0.4, -0.2) is 55.0 Å². The summed E-state index contributed by atoms with van der Waals surface area (Å²) >= 11 is 0. The second-order valence-corrected chi connectivity index (χ2v) is 7.82. The van der Waals surface area contributed by atoms with E-state index in [1.165, 1.54) is 24.9 Å². The Kier molecular flexibility index (Phi) is 6.35. The molecule has 0 N–H and O–H groups in total. The van der Waals surface area contributed by atoms with Crippen molar-refractivity contribution in [3.8, 4) is 5.75 Å². The van der Waals surface area contributed by atoms with Gasteiger partial charge in [-0.15, -0.1) is 0 Å². The van der Waals surface area contributed by atoms with Gasteiger partial charge in [0.25, 0.3) is 0 Å². The zero-order valence-corrected chi connectivity index (χ0v) is 15.7. The fraction of sp³-hybridized carbons (Fsp3) is 0.667. The largest absolute Gasteiger partial charge is 0.490 e. The number of rotatable bonds is 5. The highest BCUT2D eigenvalue weighted by molar-refractivity contribution is 5.76. The van der Waals surface area contributed by atoms with Gasteiger partial charge in [-0.2, -0.15) is 0 Å². The van der Waals surface area contributed by atoms with Gasteiger partial charge in [-0.1, -0.05) is 17.7 Å². The maximum absolute atomic E-state index is 12.5. The standard InChI is InChI=1S/C21H32N2O2/c1-17-5-8-19(9-6-17)25-20-11-14-23(15-12-20)21(24)10-7-18-4-3-13-22(2)16-18/h5-6,8-9,18,20H,3-4,7,10-16H2,1-2H3. The van der Waals surface area contributed by atoms with Crippen molar-refractivity contribution in [3.05, 3.63) is 29.8 Å². The van der Waals surface area contributed by atoms with Crippen molar-refractivity contribution in [2.45, 2.75) is 51.6 Å². The van der Waals surface area contributed by atoms with E-state index in [0.29, 0.717) is 18.2 Å². The number of carbonyl (C=O) groups is 1. The third-order valence-corrected chi connectivity index (χ3v) is 5.61. The number of ether oxygens (including phenoxy) is 1. The van der Waals surface area contributed by atoms with Gasteiger partial charge in [0.1, 0.15) is 11.9 Å². The summed E-state index contributed by atoms with van der Waals surface area (Å²) in [5, 5.41) is 0. The molecular weight excluding hydrogens is 312 g/mol. The first-order valence-electron chi connectivity index (χ1n) is 9.80. The number of hydrogen-bond donors (Lipinski definition) is 0. The van der Waals surface area contributed by atoms with E-state index >= 15 is 0 Å². The van der Waals surface area contributed by atoms with Crippen LogP contribution in [-0.2, 0) is 4.79 Å². The highest BCUT2D eigenvalue weighted by Gasteiger charge is 2.25. The molecule has 0 spiro atoms. The van der Waals surface area contributed by atoms with Crippen LogP contribution >= 0.6 is 0 Å². The van der Waals surface area contributed by atoms with Crippen molar-refractivity contribution in [2.24, 2.45) is 5.92 Å². The van der Waals surface area contributed by atoms with Crippen molar-refractivity contribution in [1.82, 2.24) is 9.80 Å². The van der Waals surface area contributed by atoms with Crippen LogP contribution in [0.25, 0.3) is 0 Å². The molecule has 3 rings (SSSR count). The van der Waals surface area contributed by atoms with E-state index in [4.69, 9.17) is 4.74 Å². The quantitative estimate of drug-likeness (QED) is 0.820. The van der Waals surface area contributed by atoms with Crippen LogP contribution in [0.3, 0.4) is 0 Å². The first kappa shape index (κ1) is 18.2. The SMILES string of the molecule is Cc1ccc(OC2CCN(C(=O)CCC3CCCN(C)C3)CC2)cc1. The Morgan fingerprint density at radius 2 is 1.84 bits per heavy atom. The van der Waals surface area contributed by atoms with Crippen molar-refractivity contribution in [3.63, 3.8) is 0 Å². The summed E-state index contributed by atoms with van der Waals surface area (Å²) in [7, 11) is 2.19. The van der Waals surface area contributed by atoms with E-state index in [0.717, 1.165) is 44.6 Å². The molecule has 2 heterocycles. The van der Waals surface area contributed by atoms with E-state index in [2.05, 4.69) is 31.0 Å². The molecule has 2 aliphatic rings. The molecule has 1 unspecified atom stereocenters. The van der Waals surface area contributed by atoms with Gasteiger partial charge in [0.15, 0.2) is 0 Å². The Morgan fingerprint density at radius 3 is 2.52 bits per heavy atom. The second-order valence-electron chi connectivity index (χ2n) is 7.82. The van der Waals surface area contributed by atoms with Gasteiger partial charge in [-0.3, -0.25) is 4.79 Å². The van der Waals surface area contributed by atoms with Crippen LogP contribution in [0.1, 0.15) is 44.1 Å². The molecule has 0 aromatic heterocycles. The number of amides is 1. The zero-order chi connectivity index (χ0) is 17.6. The van der Waals surface area contributed by atoms with Gasteiger partial charge in [0.2, 0.25) is 5.91 Å². The average molecular weight is 344 g/mol. The number of carbonyl (C=O) groups excluding carboxylic acids is 1. The van der Waals surface area contributed by atoms with Gasteiger partial charge in [-0.25, -0.2) is 0 Å². The van der Waals surface area contributed by atoms with E-state index < -0.39 is 0 Å². The fourth-order valence-electron chi connectivity index (χ4n) is 4.03. The Balaban J connectivity index is 1.37. The molecule has 0 bridgehead atoms. The van der Waals surface area contributed by atoms with Gasteiger partial charge in [-0.05, 0) is 57.8 Å². The minimum absolute atomic E-state index is 0.235. The minimum atomic E-state index is 0.235. The topological polar surface area (TPSA) is 32.8 Å².